The second kappa shape index (κ2) is 9.82. The number of benzene rings is 1. The first kappa shape index (κ1) is 23.3. The van der Waals surface area contributed by atoms with Crippen LogP contribution in [0.4, 0.5) is 11.4 Å². The van der Waals surface area contributed by atoms with Crippen molar-refractivity contribution in [2.24, 2.45) is 0 Å². The summed E-state index contributed by atoms with van der Waals surface area (Å²) in [5.74, 6) is 0.369. The molecule has 9 heteroatoms. The molecule has 0 unspecified atom stereocenters. The molecule has 3 rings (SSSR count). The van der Waals surface area contributed by atoms with Crippen molar-refractivity contribution < 1.29 is 17.7 Å². The number of hydrogen-bond acceptors (Lipinski definition) is 6. The molecule has 1 amide bonds. The van der Waals surface area contributed by atoms with Crippen molar-refractivity contribution >= 4 is 27.3 Å². The van der Waals surface area contributed by atoms with E-state index in [2.05, 4.69) is 15.4 Å². The number of carbonyl (C=O) groups excluding carboxylic acids is 1. The molecular formula is C22H32N4O4S. The number of rotatable bonds is 8. The predicted molar refractivity (Wildman–Crippen MR) is 121 cm³/mol. The van der Waals surface area contributed by atoms with Crippen LogP contribution in [-0.4, -0.2) is 50.0 Å². The molecule has 1 N–H and O–H groups in total. The monoisotopic (exact) mass is 448 g/mol. The van der Waals surface area contributed by atoms with Crippen LogP contribution in [0.15, 0.2) is 27.6 Å². The predicted octanol–water partition coefficient (Wildman–Crippen LogP) is 3.49. The molecule has 0 atom stereocenters. The van der Waals surface area contributed by atoms with E-state index in [0.29, 0.717) is 30.2 Å². The van der Waals surface area contributed by atoms with Gasteiger partial charge < -0.3 is 14.7 Å². The molecule has 0 saturated carbocycles. The highest BCUT2D eigenvalue weighted by Gasteiger charge is 2.27. The summed E-state index contributed by atoms with van der Waals surface area (Å²) in [5, 5.41) is 6.83. The fourth-order valence-electron chi connectivity index (χ4n) is 3.98. The minimum atomic E-state index is -3.60. The normalized spacial score (nSPS) is 15.1. The molecule has 170 valence electrons. The molecule has 1 aliphatic rings. The summed E-state index contributed by atoms with van der Waals surface area (Å²) in [6.45, 7) is 10.2. The van der Waals surface area contributed by atoms with Gasteiger partial charge >= 0.3 is 0 Å². The molecule has 0 bridgehead atoms. The molecule has 31 heavy (non-hydrogen) atoms. The maximum Gasteiger partial charge on any atom is 0.243 e. The first-order valence-electron chi connectivity index (χ1n) is 10.9. The second-order valence-corrected chi connectivity index (χ2v) is 9.78. The van der Waals surface area contributed by atoms with Crippen LogP contribution in [0.1, 0.15) is 50.1 Å². The molecule has 1 fully saturated rings. The van der Waals surface area contributed by atoms with Gasteiger partial charge in [0.05, 0.1) is 28.4 Å². The van der Waals surface area contributed by atoms with Gasteiger partial charge in [0.1, 0.15) is 5.76 Å². The number of hydrogen-bond donors (Lipinski definition) is 1. The van der Waals surface area contributed by atoms with Crippen LogP contribution in [0.25, 0.3) is 0 Å². The van der Waals surface area contributed by atoms with Gasteiger partial charge in [-0.2, -0.15) is 4.31 Å². The number of aromatic nitrogens is 1. The summed E-state index contributed by atoms with van der Waals surface area (Å²) < 4.78 is 33.0. The topological polar surface area (TPSA) is 95.8 Å². The van der Waals surface area contributed by atoms with E-state index in [-0.39, 0.29) is 17.2 Å². The van der Waals surface area contributed by atoms with E-state index < -0.39 is 10.0 Å². The second-order valence-electron chi connectivity index (χ2n) is 7.84. The van der Waals surface area contributed by atoms with E-state index in [1.165, 1.54) is 0 Å². The summed E-state index contributed by atoms with van der Waals surface area (Å²) in [6.07, 6.45) is 2.91. The van der Waals surface area contributed by atoms with Crippen LogP contribution >= 0.6 is 0 Å². The maximum absolute atomic E-state index is 13.2. The van der Waals surface area contributed by atoms with E-state index >= 15 is 0 Å². The number of nitrogens with zero attached hydrogens (tertiary/aromatic N) is 3. The molecule has 0 aliphatic carbocycles. The average Bonchev–Trinajstić information content (AvgIpc) is 3.08. The number of anilines is 2. The largest absolute Gasteiger partial charge is 0.370 e. The van der Waals surface area contributed by atoms with E-state index in [1.807, 2.05) is 13.8 Å². The Bertz CT molecular complexity index is 1000. The number of aryl methyl sites for hydroxylation is 2. The van der Waals surface area contributed by atoms with Crippen molar-refractivity contribution in [1.29, 1.82) is 0 Å². The molecule has 0 spiro atoms. The molecule has 8 nitrogen and oxygen atoms in total. The Balaban J connectivity index is 1.93. The summed E-state index contributed by atoms with van der Waals surface area (Å²) >= 11 is 0. The van der Waals surface area contributed by atoms with Gasteiger partial charge in [0, 0.05) is 31.7 Å². The summed E-state index contributed by atoms with van der Waals surface area (Å²) in [6, 6.07) is 5.01. The van der Waals surface area contributed by atoms with Gasteiger partial charge in [-0.25, -0.2) is 8.42 Å². The van der Waals surface area contributed by atoms with Crippen molar-refractivity contribution in [2.75, 3.05) is 36.4 Å². The number of nitrogens with one attached hydrogen (secondary N) is 1. The number of piperidine rings is 1. The van der Waals surface area contributed by atoms with Gasteiger partial charge in [-0.1, -0.05) is 11.6 Å². The summed E-state index contributed by atoms with van der Waals surface area (Å²) in [7, 11) is -3.60. The quantitative estimate of drug-likeness (QED) is 0.664. The van der Waals surface area contributed by atoms with E-state index in [9.17, 15) is 13.2 Å². The Morgan fingerprint density at radius 1 is 1.16 bits per heavy atom. The van der Waals surface area contributed by atoms with Crippen molar-refractivity contribution in [3.05, 3.63) is 35.2 Å². The van der Waals surface area contributed by atoms with Crippen molar-refractivity contribution in [3.63, 3.8) is 0 Å². The van der Waals surface area contributed by atoms with Gasteiger partial charge in [-0.05, 0) is 58.7 Å². The molecule has 2 heterocycles. The Morgan fingerprint density at radius 3 is 2.42 bits per heavy atom. The smallest absolute Gasteiger partial charge is 0.243 e. The molecule has 1 aliphatic heterocycles. The van der Waals surface area contributed by atoms with E-state index in [4.69, 9.17) is 4.52 Å². The molecule has 2 aromatic rings. The van der Waals surface area contributed by atoms with Crippen LogP contribution in [-0.2, 0) is 21.2 Å². The average molecular weight is 449 g/mol. The fourth-order valence-corrected chi connectivity index (χ4v) is 5.52. The maximum atomic E-state index is 13.2. The lowest BCUT2D eigenvalue weighted by atomic mass is 10.1. The Morgan fingerprint density at radius 2 is 1.84 bits per heavy atom. The van der Waals surface area contributed by atoms with Gasteiger partial charge in [0.2, 0.25) is 15.9 Å². The zero-order chi connectivity index (χ0) is 22.6. The Labute approximate surface area is 184 Å². The van der Waals surface area contributed by atoms with Gasteiger partial charge in [0.25, 0.3) is 0 Å². The molecule has 1 saturated heterocycles. The van der Waals surface area contributed by atoms with E-state index in [0.717, 1.165) is 43.6 Å². The number of amides is 1. The minimum absolute atomic E-state index is 0.113. The fraction of sp³-hybridized carbons (Fsp3) is 0.545. The molecule has 1 aromatic carbocycles. The first-order valence-corrected chi connectivity index (χ1v) is 12.3. The highest BCUT2D eigenvalue weighted by atomic mass is 32.2. The zero-order valence-corrected chi connectivity index (χ0v) is 19.6. The van der Waals surface area contributed by atoms with Crippen molar-refractivity contribution in [2.45, 2.75) is 58.3 Å². The SMILES string of the molecule is CCN(CC)c1ccc(S(=O)(=O)N2CCCCC2)cc1NC(=O)Cc1c(C)noc1C. The van der Waals surface area contributed by atoms with Crippen molar-refractivity contribution in [3.8, 4) is 0 Å². The number of carbonyl (C=O) groups is 1. The van der Waals surface area contributed by atoms with Gasteiger partial charge in [-0.15, -0.1) is 0 Å². The lowest BCUT2D eigenvalue weighted by Crippen LogP contribution is -2.35. The van der Waals surface area contributed by atoms with Gasteiger partial charge in [0.15, 0.2) is 0 Å². The Hall–Kier alpha value is -2.39. The first-order chi connectivity index (χ1) is 14.8. The Kier molecular flexibility index (Phi) is 7.38. The number of sulfonamides is 1. The summed E-state index contributed by atoms with van der Waals surface area (Å²) in [4.78, 5) is 15.1. The minimum Gasteiger partial charge on any atom is -0.370 e. The summed E-state index contributed by atoms with van der Waals surface area (Å²) in [5.41, 5.74) is 2.73. The van der Waals surface area contributed by atoms with Crippen molar-refractivity contribution in [1.82, 2.24) is 9.46 Å². The molecule has 1 aromatic heterocycles. The third kappa shape index (κ3) is 5.10. The van der Waals surface area contributed by atoms with Crippen LogP contribution in [0.5, 0.6) is 0 Å². The highest BCUT2D eigenvalue weighted by molar-refractivity contribution is 7.89. The van der Waals surface area contributed by atoms with Crippen LogP contribution in [0, 0.1) is 13.8 Å². The van der Waals surface area contributed by atoms with Crippen LogP contribution in [0.3, 0.4) is 0 Å². The standard InChI is InChI=1S/C22H32N4O4S/c1-5-25(6-2)21-11-10-18(31(28,29)26-12-8-7-9-13-26)14-20(21)23-22(27)15-19-16(3)24-30-17(19)4/h10-11,14H,5-9,12-13,15H2,1-4H3,(H,23,27). The van der Waals surface area contributed by atoms with Gasteiger partial charge in [-0.3, -0.25) is 4.79 Å². The molecular weight excluding hydrogens is 416 g/mol. The highest BCUT2D eigenvalue weighted by Crippen LogP contribution is 2.31. The third-order valence-electron chi connectivity index (χ3n) is 5.82. The zero-order valence-electron chi connectivity index (χ0n) is 18.8. The lowest BCUT2D eigenvalue weighted by Gasteiger charge is -2.28. The lowest BCUT2D eigenvalue weighted by molar-refractivity contribution is -0.115. The third-order valence-corrected chi connectivity index (χ3v) is 7.71. The molecule has 0 radical (unpaired) electrons. The van der Waals surface area contributed by atoms with Crippen LogP contribution in [0.2, 0.25) is 0 Å². The van der Waals surface area contributed by atoms with Crippen LogP contribution < -0.4 is 10.2 Å². The van der Waals surface area contributed by atoms with E-state index in [1.54, 1.807) is 36.4 Å².